The molecule has 0 atom stereocenters. The van der Waals surface area contributed by atoms with Crippen LogP contribution in [0.15, 0.2) is 47.4 Å². The maximum absolute atomic E-state index is 12.9. The third-order valence-corrected chi connectivity index (χ3v) is 6.81. The van der Waals surface area contributed by atoms with Gasteiger partial charge in [0.05, 0.1) is 10.5 Å². The molecule has 0 aliphatic carbocycles. The van der Waals surface area contributed by atoms with Crippen molar-refractivity contribution in [3.63, 3.8) is 0 Å². The molecule has 13 heteroatoms. The number of rotatable bonds is 8. The first-order valence-corrected chi connectivity index (χ1v) is 13.5. The van der Waals surface area contributed by atoms with Crippen LogP contribution in [0.5, 0.6) is 0 Å². The second kappa shape index (κ2) is 13.5. The predicted octanol–water partition coefficient (Wildman–Crippen LogP) is 3.48. The van der Waals surface area contributed by atoms with Crippen molar-refractivity contribution in [3.05, 3.63) is 53.6 Å². The Morgan fingerprint density at radius 3 is 2.16 bits per heavy atom. The SMILES string of the molecule is CCNC(=O)c1cc(NS(=O)(=O)c2ccc(CC(C)C)cc2)ccc1N1CCNCC1.O=C(O)C(F)(F)F. The van der Waals surface area contributed by atoms with E-state index in [-0.39, 0.29) is 10.8 Å². The molecular formula is C25H33F3N4O5S. The first-order valence-electron chi connectivity index (χ1n) is 12.0. The Balaban J connectivity index is 0.000000638. The van der Waals surface area contributed by atoms with Crippen molar-refractivity contribution in [2.75, 3.05) is 42.3 Å². The van der Waals surface area contributed by atoms with Crippen LogP contribution in [-0.4, -0.2) is 64.3 Å². The van der Waals surface area contributed by atoms with E-state index in [9.17, 15) is 26.4 Å². The van der Waals surface area contributed by atoms with Crippen LogP contribution in [-0.2, 0) is 21.2 Å². The van der Waals surface area contributed by atoms with Gasteiger partial charge in [-0.25, -0.2) is 13.2 Å². The van der Waals surface area contributed by atoms with Crippen molar-refractivity contribution in [3.8, 4) is 0 Å². The number of alkyl halides is 3. The number of sulfonamides is 1. The van der Waals surface area contributed by atoms with Gasteiger partial charge in [-0.1, -0.05) is 26.0 Å². The summed E-state index contributed by atoms with van der Waals surface area (Å²) in [6.45, 7) is 9.88. The fraction of sp³-hybridized carbons (Fsp3) is 0.440. The highest BCUT2D eigenvalue weighted by Crippen LogP contribution is 2.27. The van der Waals surface area contributed by atoms with Crippen molar-refractivity contribution < 1.29 is 36.3 Å². The van der Waals surface area contributed by atoms with Crippen molar-refractivity contribution in [2.45, 2.75) is 38.3 Å². The van der Waals surface area contributed by atoms with Gasteiger partial charge in [-0.3, -0.25) is 9.52 Å². The molecule has 1 saturated heterocycles. The molecule has 0 saturated carbocycles. The van der Waals surface area contributed by atoms with Crippen molar-refractivity contribution >= 4 is 33.3 Å². The molecule has 38 heavy (non-hydrogen) atoms. The minimum absolute atomic E-state index is 0.200. The maximum atomic E-state index is 12.9. The lowest BCUT2D eigenvalue weighted by atomic mass is 10.0. The van der Waals surface area contributed by atoms with E-state index in [1.54, 1.807) is 24.3 Å². The molecule has 0 unspecified atom stereocenters. The highest BCUT2D eigenvalue weighted by Gasteiger charge is 2.38. The molecule has 2 aromatic carbocycles. The van der Waals surface area contributed by atoms with Crippen LogP contribution in [0.1, 0.15) is 36.7 Å². The number of carboxylic acid groups (broad SMARTS) is 1. The summed E-state index contributed by atoms with van der Waals surface area (Å²) in [6.07, 6.45) is -4.18. The molecule has 1 fully saturated rings. The third-order valence-electron chi connectivity index (χ3n) is 5.41. The summed E-state index contributed by atoms with van der Waals surface area (Å²) in [5, 5.41) is 13.3. The lowest BCUT2D eigenvalue weighted by Crippen LogP contribution is -2.44. The summed E-state index contributed by atoms with van der Waals surface area (Å²) >= 11 is 0. The zero-order chi connectivity index (χ0) is 28.5. The molecule has 4 N–H and O–H groups in total. The van der Waals surface area contributed by atoms with Crippen LogP contribution < -0.4 is 20.3 Å². The minimum Gasteiger partial charge on any atom is -0.475 e. The number of carbonyl (C=O) groups is 2. The number of aliphatic carboxylic acids is 1. The zero-order valence-corrected chi connectivity index (χ0v) is 22.2. The molecule has 1 amide bonds. The van der Waals surface area contributed by atoms with Gasteiger partial charge in [0.1, 0.15) is 0 Å². The van der Waals surface area contributed by atoms with Crippen LogP contribution in [0, 0.1) is 5.92 Å². The Bertz CT molecular complexity index is 1200. The Labute approximate surface area is 220 Å². The molecular weight excluding hydrogens is 525 g/mol. The molecule has 0 spiro atoms. The van der Waals surface area contributed by atoms with Gasteiger partial charge in [0.15, 0.2) is 0 Å². The predicted molar refractivity (Wildman–Crippen MR) is 139 cm³/mol. The molecule has 3 rings (SSSR count). The minimum atomic E-state index is -5.08. The molecule has 0 bridgehead atoms. The summed E-state index contributed by atoms with van der Waals surface area (Å²) in [5.74, 6) is -2.47. The Kier molecular flexibility index (Phi) is 11.0. The first kappa shape index (κ1) is 30.9. The number of anilines is 2. The van der Waals surface area contributed by atoms with Crippen LogP contribution in [0.3, 0.4) is 0 Å². The number of halogens is 3. The highest BCUT2D eigenvalue weighted by atomic mass is 32.2. The highest BCUT2D eigenvalue weighted by molar-refractivity contribution is 7.92. The molecule has 2 aromatic rings. The molecule has 0 aromatic heterocycles. The zero-order valence-electron chi connectivity index (χ0n) is 21.4. The van der Waals surface area contributed by atoms with Gasteiger partial charge >= 0.3 is 12.1 Å². The van der Waals surface area contributed by atoms with E-state index in [0.29, 0.717) is 23.7 Å². The summed E-state index contributed by atoms with van der Waals surface area (Å²) in [4.78, 5) is 23.9. The second-order valence-corrected chi connectivity index (χ2v) is 10.7. The number of nitrogens with zero attached hydrogens (tertiary/aromatic N) is 1. The fourth-order valence-electron chi connectivity index (χ4n) is 3.71. The molecule has 210 valence electrons. The topological polar surface area (TPSA) is 128 Å². The largest absolute Gasteiger partial charge is 0.490 e. The van der Waals surface area contributed by atoms with Crippen LogP contribution in [0.2, 0.25) is 0 Å². The number of benzene rings is 2. The number of amides is 1. The first-order chi connectivity index (χ1) is 17.7. The van der Waals surface area contributed by atoms with Gasteiger partial charge in [0.25, 0.3) is 15.9 Å². The lowest BCUT2D eigenvalue weighted by molar-refractivity contribution is -0.192. The quantitative estimate of drug-likeness (QED) is 0.391. The smallest absolute Gasteiger partial charge is 0.475 e. The average Bonchev–Trinajstić information content (AvgIpc) is 2.84. The van der Waals surface area contributed by atoms with Gasteiger partial charge in [-0.05, 0) is 55.2 Å². The number of nitrogens with one attached hydrogen (secondary N) is 3. The standard InChI is InChI=1S/C23H32N4O3S.C2HF3O2/c1-4-25-23(28)21-16-19(7-10-22(21)27-13-11-24-12-14-27)26-31(29,30)20-8-5-18(6-9-20)15-17(2)3;3-2(4,5)1(6)7/h5-10,16-17,24,26H,4,11-15H2,1-3H3,(H,25,28);(H,6,7). The van der Waals surface area contributed by atoms with E-state index in [0.717, 1.165) is 43.9 Å². The average molecular weight is 559 g/mol. The fourth-order valence-corrected chi connectivity index (χ4v) is 4.76. The normalized spacial score (nSPS) is 13.9. The van der Waals surface area contributed by atoms with Crippen LogP contribution >= 0.6 is 0 Å². The van der Waals surface area contributed by atoms with Gasteiger partial charge in [-0.15, -0.1) is 0 Å². The number of piperazine rings is 1. The number of carboxylic acids is 1. The van der Waals surface area contributed by atoms with Gasteiger partial charge in [-0.2, -0.15) is 13.2 Å². The van der Waals surface area contributed by atoms with E-state index in [1.807, 2.05) is 25.1 Å². The molecule has 0 radical (unpaired) electrons. The Hall–Kier alpha value is -3.32. The number of carbonyl (C=O) groups excluding carboxylic acids is 1. The van der Waals surface area contributed by atoms with Crippen LogP contribution in [0.4, 0.5) is 24.5 Å². The molecule has 1 aliphatic heterocycles. The summed E-state index contributed by atoms with van der Waals surface area (Å²) in [6, 6.07) is 12.1. The van der Waals surface area contributed by atoms with Gasteiger partial charge in [0.2, 0.25) is 0 Å². The maximum Gasteiger partial charge on any atom is 0.490 e. The molecule has 1 aliphatic rings. The van der Waals surface area contributed by atoms with Crippen molar-refractivity contribution in [1.29, 1.82) is 0 Å². The van der Waals surface area contributed by atoms with Crippen molar-refractivity contribution in [2.24, 2.45) is 5.92 Å². The monoisotopic (exact) mass is 558 g/mol. The van der Waals surface area contributed by atoms with E-state index >= 15 is 0 Å². The Morgan fingerprint density at radius 2 is 1.66 bits per heavy atom. The van der Waals surface area contributed by atoms with E-state index in [4.69, 9.17) is 9.90 Å². The van der Waals surface area contributed by atoms with E-state index in [1.165, 1.54) is 0 Å². The third kappa shape index (κ3) is 9.21. The second-order valence-electron chi connectivity index (χ2n) is 8.98. The van der Waals surface area contributed by atoms with Crippen molar-refractivity contribution in [1.82, 2.24) is 10.6 Å². The van der Waals surface area contributed by atoms with E-state index in [2.05, 4.69) is 34.1 Å². The van der Waals surface area contributed by atoms with Gasteiger partial charge < -0.3 is 20.6 Å². The lowest BCUT2D eigenvalue weighted by Gasteiger charge is -2.31. The number of hydrogen-bond donors (Lipinski definition) is 4. The molecule has 1 heterocycles. The van der Waals surface area contributed by atoms with Crippen LogP contribution in [0.25, 0.3) is 0 Å². The van der Waals surface area contributed by atoms with E-state index < -0.39 is 22.2 Å². The number of hydrogen-bond acceptors (Lipinski definition) is 6. The summed E-state index contributed by atoms with van der Waals surface area (Å²) in [7, 11) is -3.76. The summed E-state index contributed by atoms with van der Waals surface area (Å²) in [5.41, 5.74) is 2.75. The summed E-state index contributed by atoms with van der Waals surface area (Å²) < 4.78 is 60.2. The van der Waals surface area contributed by atoms with Gasteiger partial charge in [0, 0.05) is 44.1 Å². The Morgan fingerprint density at radius 1 is 1.08 bits per heavy atom. The molecule has 9 nitrogen and oxygen atoms in total.